The molecule has 1 aliphatic carbocycles. The molecule has 3 heterocycles. The average Bonchev–Trinajstić information content (AvgIpc) is 3.55. The first-order valence-corrected chi connectivity index (χ1v) is 13.9. The molecule has 2 saturated heterocycles. The third kappa shape index (κ3) is 4.31. The van der Waals surface area contributed by atoms with Crippen molar-refractivity contribution in [1.82, 2.24) is 14.8 Å². The second kappa shape index (κ2) is 9.43. The van der Waals surface area contributed by atoms with Crippen LogP contribution in [0.4, 0.5) is 0 Å². The Morgan fingerprint density at radius 2 is 1.86 bits per heavy atom. The number of aliphatic hydroxyl groups excluding tert-OH is 1. The third-order valence-electron chi connectivity index (χ3n) is 7.77. The summed E-state index contributed by atoms with van der Waals surface area (Å²) in [5.41, 5.74) is 1.86. The molecular formula is C28H30ClN3O3S. The molecular weight excluding hydrogens is 494 g/mol. The van der Waals surface area contributed by atoms with Crippen LogP contribution in [0.15, 0.2) is 59.6 Å². The summed E-state index contributed by atoms with van der Waals surface area (Å²) < 4.78 is -1.01. The summed E-state index contributed by atoms with van der Waals surface area (Å²) >= 11 is 7.79. The second-order valence-electron chi connectivity index (χ2n) is 10.3. The maximum absolute atomic E-state index is 14.5. The van der Waals surface area contributed by atoms with Crippen molar-refractivity contribution in [3.05, 3.63) is 65.3 Å². The van der Waals surface area contributed by atoms with Crippen LogP contribution in [-0.2, 0) is 9.59 Å². The van der Waals surface area contributed by atoms with Gasteiger partial charge in [-0.05, 0) is 55.9 Å². The van der Waals surface area contributed by atoms with Crippen LogP contribution in [0.3, 0.4) is 0 Å². The number of amides is 2. The van der Waals surface area contributed by atoms with Gasteiger partial charge in [-0.15, -0.1) is 11.8 Å². The lowest BCUT2D eigenvalue weighted by Gasteiger charge is -2.41. The first-order valence-electron chi connectivity index (χ1n) is 12.7. The molecule has 36 heavy (non-hydrogen) atoms. The van der Waals surface area contributed by atoms with Crippen molar-refractivity contribution in [2.45, 2.75) is 53.9 Å². The summed E-state index contributed by atoms with van der Waals surface area (Å²) in [5, 5.41) is 11.7. The summed E-state index contributed by atoms with van der Waals surface area (Å²) in [5.74, 6) is 0.515. The lowest BCUT2D eigenvalue weighted by atomic mass is 9.90. The number of aliphatic hydroxyl groups is 1. The van der Waals surface area contributed by atoms with Crippen molar-refractivity contribution in [2.24, 2.45) is 5.92 Å². The fraction of sp³-hybridized carbons (Fsp3) is 0.429. The smallest absolute Gasteiger partial charge is 0.242 e. The van der Waals surface area contributed by atoms with Crippen molar-refractivity contribution < 1.29 is 14.7 Å². The third-order valence-corrected chi connectivity index (χ3v) is 9.42. The molecule has 0 radical (unpaired) electrons. The Morgan fingerprint density at radius 3 is 2.58 bits per heavy atom. The predicted molar refractivity (Wildman–Crippen MR) is 142 cm³/mol. The van der Waals surface area contributed by atoms with E-state index in [-0.39, 0.29) is 24.3 Å². The molecule has 6 rings (SSSR count). The molecule has 0 bridgehead atoms. The van der Waals surface area contributed by atoms with Crippen LogP contribution < -0.4 is 0 Å². The van der Waals surface area contributed by atoms with Gasteiger partial charge in [0.2, 0.25) is 11.8 Å². The maximum Gasteiger partial charge on any atom is 0.242 e. The van der Waals surface area contributed by atoms with Crippen molar-refractivity contribution in [2.75, 3.05) is 19.6 Å². The lowest BCUT2D eigenvalue weighted by molar-refractivity contribution is -0.136. The Balaban J connectivity index is 1.50. The molecule has 1 saturated carbocycles. The van der Waals surface area contributed by atoms with Gasteiger partial charge in [0.1, 0.15) is 4.75 Å². The SMILES string of the molecule is O=C1CC(Sc2ccccc2)(C(=O)N2CCC(O)CC2)C(c2c[nH]c3cc(Cl)ccc23)N1CC1CC1. The van der Waals surface area contributed by atoms with E-state index < -0.39 is 10.8 Å². The second-order valence-corrected chi connectivity index (χ2v) is 12.2. The van der Waals surface area contributed by atoms with Crippen LogP contribution in [0.1, 0.15) is 43.7 Å². The molecule has 2 N–H and O–H groups in total. The zero-order chi connectivity index (χ0) is 24.9. The largest absolute Gasteiger partial charge is 0.393 e. The normalized spacial score (nSPS) is 25.2. The molecule has 6 nitrogen and oxygen atoms in total. The van der Waals surface area contributed by atoms with Gasteiger partial charge in [-0.25, -0.2) is 0 Å². The van der Waals surface area contributed by atoms with Gasteiger partial charge in [0.15, 0.2) is 0 Å². The molecule has 2 unspecified atom stereocenters. The Kier molecular flexibility index (Phi) is 6.26. The van der Waals surface area contributed by atoms with Gasteiger partial charge < -0.3 is 19.9 Å². The lowest BCUT2D eigenvalue weighted by Crippen LogP contribution is -2.52. The number of benzene rings is 2. The number of carbonyl (C=O) groups is 2. The number of rotatable bonds is 6. The Labute approximate surface area is 220 Å². The van der Waals surface area contributed by atoms with Gasteiger partial charge in [-0.3, -0.25) is 9.59 Å². The number of fused-ring (bicyclic) bond motifs is 1. The first kappa shape index (κ1) is 23.9. The van der Waals surface area contributed by atoms with E-state index in [4.69, 9.17) is 11.6 Å². The van der Waals surface area contributed by atoms with Crippen LogP contribution in [0.2, 0.25) is 5.02 Å². The van der Waals surface area contributed by atoms with E-state index in [2.05, 4.69) is 4.98 Å². The van der Waals surface area contributed by atoms with Gasteiger partial charge in [-0.2, -0.15) is 0 Å². The number of halogens is 1. The number of aromatic amines is 1. The molecule has 3 fully saturated rings. The molecule has 2 aliphatic heterocycles. The van der Waals surface area contributed by atoms with Crippen molar-refractivity contribution in [1.29, 1.82) is 0 Å². The quantitative estimate of drug-likeness (QED) is 0.475. The van der Waals surface area contributed by atoms with E-state index >= 15 is 0 Å². The summed E-state index contributed by atoms with van der Waals surface area (Å²) in [6.07, 6.45) is 5.10. The minimum Gasteiger partial charge on any atom is -0.393 e. The van der Waals surface area contributed by atoms with Crippen LogP contribution in [0, 0.1) is 5.92 Å². The van der Waals surface area contributed by atoms with Crippen molar-refractivity contribution >= 4 is 46.1 Å². The fourth-order valence-electron chi connectivity index (χ4n) is 5.73. The van der Waals surface area contributed by atoms with Gasteiger partial charge in [-0.1, -0.05) is 35.9 Å². The van der Waals surface area contributed by atoms with Crippen LogP contribution >= 0.6 is 23.4 Å². The highest BCUT2D eigenvalue weighted by molar-refractivity contribution is 8.01. The monoisotopic (exact) mass is 523 g/mol. The van der Waals surface area contributed by atoms with Gasteiger partial charge in [0.25, 0.3) is 0 Å². The number of nitrogens with zero attached hydrogens (tertiary/aromatic N) is 2. The molecule has 188 valence electrons. The zero-order valence-corrected chi connectivity index (χ0v) is 21.6. The van der Waals surface area contributed by atoms with Crippen LogP contribution in [0.25, 0.3) is 10.9 Å². The highest BCUT2D eigenvalue weighted by Gasteiger charge is 2.60. The molecule has 1 aromatic heterocycles. The molecule has 2 aromatic carbocycles. The molecule has 8 heteroatoms. The number of hydrogen-bond acceptors (Lipinski definition) is 4. The molecule has 0 spiro atoms. The van der Waals surface area contributed by atoms with E-state index in [0.29, 0.717) is 43.4 Å². The highest BCUT2D eigenvalue weighted by atomic mass is 35.5. The topological polar surface area (TPSA) is 76.6 Å². The minimum absolute atomic E-state index is 0.0109. The minimum atomic E-state index is -1.01. The highest BCUT2D eigenvalue weighted by Crippen LogP contribution is 2.55. The van der Waals surface area contributed by atoms with Crippen LogP contribution in [-0.4, -0.2) is 62.2 Å². The summed E-state index contributed by atoms with van der Waals surface area (Å²) in [6.45, 7) is 1.68. The average molecular weight is 524 g/mol. The number of nitrogens with one attached hydrogen (secondary N) is 1. The van der Waals surface area contributed by atoms with Crippen molar-refractivity contribution in [3.8, 4) is 0 Å². The number of likely N-dealkylation sites (tertiary alicyclic amines) is 2. The van der Waals surface area contributed by atoms with E-state index in [1.54, 1.807) is 0 Å². The zero-order valence-electron chi connectivity index (χ0n) is 20.0. The standard InChI is InChI=1S/C28H30ClN3O3S/c29-19-8-9-22-23(16-30-24(22)14-19)26-28(36-21-4-2-1-3-5-21,15-25(34)32(26)17-18-6-7-18)27(35)31-12-10-20(33)11-13-31/h1-5,8-9,14,16,18,20,26,30,33H,6-7,10-13,15,17H2. The summed E-state index contributed by atoms with van der Waals surface area (Å²) in [7, 11) is 0. The fourth-order valence-corrected chi connectivity index (χ4v) is 7.40. The summed E-state index contributed by atoms with van der Waals surface area (Å²) in [6, 6.07) is 15.3. The Bertz CT molecular complexity index is 1290. The maximum atomic E-state index is 14.5. The Hall–Kier alpha value is -2.48. The molecule has 3 aromatic rings. The number of H-pyrrole nitrogens is 1. The number of hydrogen-bond donors (Lipinski definition) is 2. The van der Waals surface area contributed by atoms with Gasteiger partial charge in [0.05, 0.1) is 18.6 Å². The molecule has 2 amide bonds. The van der Waals surface area contributed by atoms with E-state index in [1.807, 2.05) is 64.5 Å². The number of piperidine rings is 1. The van der Waals surface area contributed by atoms with Gasteiger partial charge in [0, 0.05) is 52.2 Å². The Morgan fingerprint density at radius 1 is 1.11 bits per heavy atom. The molecule has 3 aliphatic rings. The number of carbonyl (C=O) groups excluding carboxylic acids is 2. The van der Waals surface area contributed by atoms with E-state index in [0.717, 1.165) is 34.2 Å². The van der Waals surface area contributed by atoms with E-state index in [9.17, 15) is 14.7 Å². The summed E-state index contributed by atoms with van der Waals surface area (Å²) in [4.78, 5) is 36.4. The predicted octanol–water partition coefficient (Wildman–Crippen LogP) is 5.02. The van der Waals surface area contributed by atoms with Gasteiger partial charge >= 0.3 is 0 Å². The molecule has 2 atom stereocenters. The van der Waals surface area contributed by atoms with Crippen LogP contribution in [0.5, 0.6) is 0 Å². The number of thioether (sulfide) groups is 1. The van der Waals surface area contributed by atoms with E-state index in [1.165, 1.54) is 11.8 Å². The first-order chi connectivity index (χ1) is 17.4. The number of aromatic nitrogens is 1. The van der Waals surface area contributed by atoms with Crippen molar-refractivity contribution in [3.63, 3.8) is 0 Å².